The molecule has 0 aliphatic heterocycles. The first-order valence-electron chi connectivity index (χ1n) is 7.74. The number of pyridine rings is 1. The molecule has 1 heterocycles. The summed E-state index contributed by atoms with van der Waals surface area (Å²) in [6.07, 6.45) is 4.40. The third-order valence-corrected chi connectivity index (χ3v) is 3.97. The molecule has 0 unspecified atom stereocenters. The van der Waals surface area contributed by atoms with Gasteiger partial charge in [0.05, 0.1) is 6.61 Å². The van der Waals surface area contributed by atoms with E-state index in [0.29, 0.717) is 13.2 Å². The minimum absolute atomic E-state index is 0.531. The molecule has 0 radical (unpaired) electrons. The van der Waals surface area contributed by atoms with Crippen LogP contribution in [0.5, 0.6) is 0 Å². The first-order valence-corrected chi connectivity index (χ1v) is 7.74. The number of ether oxygens (including phenoxy) is 2. The van der Waals surface area contributed by atoms with Crippen LogP contribution >= 0.6 is 0 Å². The van der Waals surface area contributed by atoms with E-state index in [0.717, 1.165) is 50.3 Å². The maximum Gasteiger partial charge on any atom is 0.133 e. The van der Waals surface area contributed by atoms with Gasteiger partial charge in [-0.1, -0.05) is 0 Å². The Balaban J connectivity index is 2.20. The summed E-state index contributed by atoms with van der Waals surface area (Å²) in [6, 6.07) is 2.25. The molecule has 1 aliphatic carbocycles. The van der Waals surface area contributed by atoms with Gasteiger partial charge >= 0.3 is 0 Å². The van der Waals surface area contributed by atoms with Gasteiger partial charge in [-0.3, -0.25) is 0 Å². The average Bonchev–Trinajstić information content (AvgIpc) is 2.96. The van der Waals surface area contributed by atoms with E-state index in [4.69, 9.17) is 20.2 Å². The van der Waals surface area contributed by atoms with Crippen molar-refractivity contribution in [1.82, 2.24) is 4.98 Å². The van der Waals surface area contributed by atoms with Crippen molar-refractivity contribution in [3.63, 3.8) is 0 Å². The van der Waals surface area contributed by atoms with E-state index < -0.39 is 0 Å². The number of fused-ring (bicyclic) bond motifs is 1. The second-order valence-electron chi connectivity index (χ2n) is 5.46. The molecule has 0 amide bonds. The monoisotopic (exact) mass is 293 g/mol. The molecule has 5 heteroatoms. The number of methoxy groups -OCH3 is 2. The molecular formula is C16H27N3O2. The lowest BCUT2D eigenvalue weighted by Gasteiger charge is -2.26. The number of nitrogens with zero attached hydrogens (tertiary/aromatic N) is 2. The van der Waals surface area contributed by atoms with Crippen LogP contribution in [-0.4, -0.2) is 45.5 Å². The Morgan fingerprint density at radius 2 is 2.00 bits per heavy atom. The van der Waals surface area contributed by atoms with Gasteiger partial charge in [-0.05, 0) is 37.3 Å². The van der Waals surface area contributed by atoms with Crippen LogP contribution < -0.4 is 10.6 Å². The molecule has 0 fully saturated rings. The van der Waals surface area contributed by atoms with Gasteiger partial charge in [0.1, 0.15) is 5.82 Å². The molecule has 0 spiro atoms. The zero-order valence-electron chi connectivity index (χ0n) is 13.2. The number of hydrogen-bond acceptors (Lipinski definition) is 5. The molecule has 0 saturated carbocycles. The summed E-state index contributed by atoms with van der Waals surface area (Å²) in [5.41, 5.74) is 9.71. The Bertz CT molecular complexity index is 451. The Kier molecular flexibility index (Phi) is 6.42. The van der Waals surface area contributed by atoms with Crippen LogP contribution in [0.2, 0.25) is 0 Å². The predicted octanol–water partition coefficient (Wildman–Crippen LogP) is 1.52. The van der Waals surface area contributed by atoms with Crippen LogP contribution in [-0.2, 0) is 28.9 Å². The molecule has 0 aromatic carbocycles. The molecule has 1 aromatic heterocycles. The summed E-state index contributed by atoms with van der Waals surface area (Å²) in [5, 5.41) is 0. The third kappa shape index (κ3) is 4.15. The SMILES string of the molecule is COCCCN(CCOC)c1nc2c(cc1CN)CCC2. The Morgan fingerprint density at radius 3 is 2.71 bits per heavy atom. The van der Waals surface area contributed by atoms with Crippen molar-refractivity contribution in [2.24, 2.45) is 5.73 Å². The van der Waals surface area contributed by atoms with Gasteiger partial charge in [0.25, 0.3) is 0 Å². The number of aromatic nitrogens is 1. The predicted molar refractivity (Wildman–Crippen MR) is 84.7 cm³/mol. The largest absolute Gasteiger partial charge is 0.385 e. The minimum atomic E-state index is 0.531. The molecule has 21 heavy (non-hydrogen) atoms. The second-order valence-corrected chi connectivity index (χ2v) is 5.46. The molecule has 118 valence electrons. The molecule has 5 nitrogen and oxygen atoms in total. The first kappa shape index (κ1) is 16.2. The van der Waals surface area contributed by atoms with E-state index in [1.165, 1.54) is 17.7 Å². The van der Waals surface area contributed by atoms with Crippen LogP contribution in [0.1, 0.15) is 29.7 Å². The highest BCUT2D eigenvalue weighted by Crippen LogP contribution is 2.27. The normalized spacial score (nSPS) is 13.5. The van der Waals surface area contributed by atoms with E-state index in [-0.39, 0.29) is 0 Å². The van der Waals surface area contributed by atoms with Crippen LogP contribution in [0, 0.1) is 0 Å². The summed E-state index contributed by atoms with van der Waals surface area (Å²) in [5.74, 6) is 1.03. The zero-order valence-corrected chi connectivity index (χ0v) is 13.2. The lowest BCUT2D eigenvalue weighted by molar-refractivity contribution is 0.191. The molecule has 2 rings (SSSR count). The summed E-state index contributed by atoms with van der Waals surface area (Å²) < 4.78 is 10.4. The Labute approximate surface area is 127 Å². The van der Waals surface area contributed by atoms with E-state index >= 15 is 0 Å². The summed E-state index contributed by atoms with van der Waals surface area (Å²) >= 11 is 0. The molecule has 0 saturated heterocycles. The van der Waals surface area contributed by atoms with E-state index in [2.05, 4.69) is 11.0 Å². The van der Waals surface area contributed by atoms with E-state index in [1.807, 2.05) is 0 Å². The number of rotatable bonds is 9. The fraction of sp³-hybridized carbons (Fsp3) is 0.688. The highest BCUT2D eigenvalue weighted by Gasteiger charge is 2.19. The van der Waals surface area contributed by atoms with Crippen molar-refractivity contribution in [3.8, 4) is 0 Å². The number of aryl methyl sites for hydroxylation is 2. The summed E-state index contributed by atoms with van der Waals surface area (Å²) in [6.45, 7) is 3.72. The fourth-order valence-corrected chi connectivity index (χ4v) is 2.86. The smallest absolute Gasteiger partial charge is 0.133 e. The van der Waals surface area contributed by atoms with Crippen molar-refractivity contribution in [2.75, 3.05) is 45.4 Å². The highest BCUT2D eigenvalue weighted by atomic mass is 16.5. The van der Waals surface area contributed by atoms with Gasteiger partial charge in [-0.15, -0.1) is 0 Å². The Hall–Kier alpha value is -1.17. The van der Waals surface area contributed by atoms with E-state index in [9.17, 15) is 0 Å². The minimum Gasteiger partial charge on any atom is -0.385 e. The number of anilines is 1. The van der Waals surface area contributed by atoms with Crippen molar-refractivity contribution < 1.29 is 9.47 Å². The molecular weight excluding hydrogens is 266 g/mol. The van der Waals surface area contributed by atoms with Gasteiger partial charge < -0.3 is 20.1 Å². The maximum absolute atomic E-state index is 5.94. The van der Waals surface area contributed by atoms with Gasteiger partial charge in [0.2, 0.25) is 0 Å². The van der Waals surface area contributed by atoms with Gasteiger partial charge in [-0.2, -0.15) is 0 Å². The fourth-order valence-electron chi connectivity index (χ4n) is 2.86. The highest BCUT2D eigenvalue weighted by molar-refractivity contribution is 5.51. The quantitative estimate of drug-likeness (QED) is 0.700. The molecule has 0 atom stereocenters. The summed E-state index contributed by atoms with van der Waals surface area (Å²) in [4.78, 5) is 7.19. The molecule has 1 aromatic rings. The van der Waals surface area contributed by atoms with Crippen molar-refractivity contribution in [2.45, 2.75) is 32.2 Å². The molecule has 0 bridgehead atoms. The standard InChI is InChI=1S/C16H27N3O2/c1-20-9-4-7-19(8-10-21-2)16-14(12-17)11-13-5-3-6-15(13)18-16/h11H,3-10,12,17H2,1-2H3. The third-order valence-electron chi connectivity index (χ3n) is 3.97. The van der Waals surface area contributed by atoms with Crippen LogP contribution in [0.3, 0.4) is 0 Å². The van der Waals surface area contributed by atoms with Crippen LogP contribution in [0.15, 0.2) is 6.07 Å². The average molecular weight is 293 g/mol. The topological polar surface area (TPSA) is 60.6 Å². The van der Waals surface area contributed by atoms with E-state index in [1.54, 1.807) is 14.2 Å². The number of hydrogen-bond donors (Lipinski definition) is 1. The summed E-state index contributed by atoms with van der Waals surface area (Å²) in [7, 11) is 3.46. The lowest BCUT2D eigenvalue weighted by atomic mass is 10.1. The van der Waals surface area contributed by atoms with Crippen LogP contribution in [0.25, 0.3) is 0 Å². The molecule has 2 N–H and O–H groups in total. The van der Waals surface area contributed by atoms with Gasteiger partial charge in [0.15, 0.2) is 0 Å². The first-order chi connectivity index (χ1) is 10.3. The lowest BCUT2D eigenvalue weighted by Crippen LogP contribution is -2.31. The zero-order chi connectivity index (χ0) is 15.1. The van der Waals surface area contributed by atoms with Gasteiger partial charge in [0, 0.05) is 51.7 Å². The van der Waals surface area contributed by atoms with Crippen molar-refractivity contribution >= 4 is 5.82 Å². The van der Waals surface area contributed by atoms with Gasteiger partial charge in [-0.25, -0.2) is 4.98 Å². The maximum atomic E-state index is 5.94. The van der Waals surface area contributed by atoms with Crippen molar-refractivity contribution in [1.29, 1.82) is 0 Å². The van der Waals surface area contributed by atoms with Crippen molar-refractivity contribution in [3.05, 3.63) is 22.9 Å². The Morgan fingerprint density at radius 1 is 1.19 bits per heavy atom. The van der Waals surface area contributed by atoms with Crippen LogP contribution in [0.4, 0.5) is 5.82 Å². The second kappa shape index (κ2) is 8.32. The number of nitrogens with two attached hydrogens (primary N) is 1. The molecule has 1 aliphatic rings.